The van der Waals surface area contributed by atoms with Crippen molar-refractivity contribution in [3.8, 4) is 5.75 Å². The minimum Gasteiger partial charge on any atom is -0.427 e. The van der Waals surface area contributed by atoms with Gasteiger partial charge in [-0.3, -0.25) is 32.8 Å². The van der Waals surface area contributed by atoms with E-state index in [2.05, 4.69) is 21.9 Å². The minimum absolute atomic E-state index is 0.0591. The lowest BCUT2D eigenvalue weighted by molar-refractivity contribution is -0.134. The molecule has 2 aliphatic heterocycles. The number of imidazole rings is 1. The zero-order valence-electron chi connectivity index (χ0n) is 33.8. The third-order valence-electron chi connectivity index (χ3n) is 10.5. The van der Waals surface area contributed by atoms with Crippen molar-refractivity contribution in [2.45, 2.75) is 126 Å². The number of nitrogens with zero attached hydrogens (tertiary/aromatic N) is 4. The molecule has 6 rings (SSSR count). The third kappa shape index (κ3) is 11.7. The Morgan fingerprint density at radius 2 is 1.78 bits per heavy atom. The quantitative estimate of drug-likeness (QED) is 0.0316. The van der Waals surface area contributed by atoms with Crippen LogP contribution in [0.5, 0.6) is 5.75 Å². The smallest absolute Gasteiger partial charge is 0.389 e. The van der Waals surface area contributed by atoms with E-state index in [1.54, 1.807) is 41.1 Å². The number of esters is 1. The maximum atomic E-state index is 14.9. The van der Waals surface area contributed by atoms with Gasteiger partial charge in [-0.05, 0) is 41.6 Å². The van der Waals surface area contributed by atoms with Gasteiger partial charge in [0, 0.05) is 44.2 Å². The molecule has 0 spiro atoms. The summed E-state index contributed by atoms with van der Waals surface area (Å²) in [5, 5.41) is 21.4. The topological polar surface area (TPSA) is 242 Å². The molecule has 0 aliphatic carbocycles. The number of unbranched alkanes of at least 4 members (excludes halogenated alkanes) is 8. The van der Waals surface area contributed by atoms with Gasteiger partial charge < -0.3 is 34.9 Å². The summed E-state index contributed by atoms with van der Waals surface area (Å²) >= 11 is 0.818. The second kappa shape index (κ2) is 21.7. The molecule has 18 nitrogen and oxygen atoms in total. The normalized spacial score (nSPS) is 23.9. The molecular formula is C40H55N6O12PS. The van der Waals surface area contributed by atoms with Crippen LogP contribution in [-0.2, 0) is 38.4 Å². The number of fused-ring (bicyclic) bond motifs is 1. The first-order chi connectivity index (χ1) is 29.0. The van der Waals surface area contributed by atoms with Gasteiger partial charge in [0.05, 0.1) is 31.3 Å². The number of carbonyl (C=O) groups is 1. The van der Waals surface area contributed by atoms with Crippen LogP contribution in [0.25, 0.3) is 11.2 Å². The monoisotopic (exact) mass is 874 g/mol. The molecule has 1 aromatic carbocycles. The number of nitrogens with two attached hydrogens (primary N) is 1. The summed E-state index contributed by atoms with van der Waals surface area (Å²) < 4.78 is 53.4. The highest BCUT2D eigenvalue weighted by atomic mass is 32.7. The molecule has 328 valence electrons. The van der Waals surface area contributed by atoms with Crippen LogP contribution < -0.4 is 21.7 Å². The highest BCUT2D eigenvalue weighted by molar-refractivity contribution is 8.54. The first-order valence-corrected chi connectivity index (χ1v) is 23.5. The first kappa shape index (κ1) is 45.6. The van der Waals surface area contributed by atoms with E-state index in [4.69, 9.17) is 33.7 Å². The predicted molar refractivity (Wildman–Crippen MR) is 223 cm³/mol. The van der Waals surface area contributed by atoms with Crippen molar-refractivity contribution < 1.29 is 47.6 Å². The lowest BCUT2D eigenvalue weighted by atomic mass is 10.1. The number of aromatic nitrogens is 5. The molecule has 0 amide bonds. The highest BCUT2D eigenvalue weighted by Gasteiger charge is 2.51. The zero-order chi connectivity index (χ0) is 42.6. The number of anilines is 1. The van der Waals surface area contributed by atoms with Crippen LogP contribution in [0, 0.1) is 0 Å². The summed E-state index contributed by atoms with van der Waals surface area (Å²) in [5.74, 6) is 0.0546. The van der Waals surface area contributed by atoms with Crippen molar-refractivity contribution in [1.82, 2.24) is 24.1 Å². The summed E-state index contributed by atoms with van der Waals surface area (Å²) in [5.41, 5.74) is 6.67. The van der Waals surface area contributed by atoms with Crippen LogP contribution in [0.2, 0.25) is 0 Å². The van der Waals surface area contributed by atoms with Gasteiger partial charge in [0.25, 0.3) is 5.56 Å². The van der Waals surface area contributed by atoms with Gasteiger partial charge in [-0.2, -0.15) is 0 Å². The van der Waals surface area contributed by atoms with Crippen LogP contribution in [0.15, 0.2) is 64.7 Å². The average Bonchev–Trinajstić information content (AvgIpc) is 3.93. The summed E-state index contributed by atoms with van der Waals surface area (Å²) in [6.07, 6.45) is 7.54. The van der Waals surface area contributed by atoms with E-state index in [1.165, 1.54) is 51.7 Å². The number of ether oxygens (including phenoxy) is 4. The molecule has 3 aromatic heterocycles. The van der Waals surface area contributed by atoms with Gasteiger partial charge >= 0.3 is 18.5 Å². The molecule has 20 heteroatoms. The largest absolute Gasteiger partial charge is 0.427 e. The number of hydrogen-bond donors (Lipinski definition) is 4. The van der Waals surface area contributed by atoms with Crippen LogP contribution >= 0.6 is 18.2 Å². The summed E-state index contributed by atoms with van der Waals surface area (Å²) in [6.45, 7) is -3.08. The standard InChI is InChI=1S/C40H55N6O12PS/c1-3-4-5-6-7-8-9-10-11-15-34(50)55-27-14-12-13-26(20-27)24-60-59(52,58-36-30(22-47)57-39(37(36)53-2)45-19-17-32(49)44-40(45)51)54-23-31-29(48)21-33(56-31)46-25-43-35-28(41)16-18-42-38(35)46/h12-14,16-20,25,29-31,33,36-37,39,47-48H,3-11,15,21-24H2,1-2H3,(H2,41,42)(H,44,49,51)/t29-,30-,31-,33-,36+,37?,39-,59?/m1/s1. The number of aliphatic hydroxyl groups excluding tert-OH is 2. The van der Waals surface area contributed by atoms with Gasteiger partial charge in [-0.1, -0.05) is 70.4 Å². The fourth-order valence-electron chi connectivity index (χ4n) is 7.31. The molecule has 2 fully saturated rings. The Morgan fingerprint density at radius 3 is 2.52 bits per heavy atom. The van der Waals surface area contributed by atoms with E-state index in [-0.39, 0.29) is 24.7 Å². The van der Waals surface area contributed by atoms with Crippen LogP contribution in [0.1, 0.15) is 95.6 Å². The lowest BCUT2D eigenvalue weighted by Gasteiger charge is -2.28. The molecule has 8 atom stereocenters. The summed E-state index contributed by atoms with van der Waals surface area (Å²) in [4.78, 5) is 48.1. The molecular weight excluding hydrogens is 820 g/mol. The van der Waals surface area contributed by atoms with E-state index in [1.807, 2.05) is 0 Å². The highest BCUT2D eigenvalue weighted by Crippen LogP contribution is 2.64. The van der Waals surface area contributed by atoms with E-state index in [0.29, 0.717) is 34.6 Å². The van der Waals surface area contributed by atoms with Gasteiger partial charge in [-0.15, -0.1) is 0 Å². The van der Waals surface area contributed by atoms with E-state index < -0.39 is 67.6 Å². The Labute approximate surface area is 351 Å². The van der Waals surface area contributed by atoms with E-state index in [9.17, 15) is 29.2 Å². The van der Waals surface area contributed by atoms with E-state index in [0.717, 1.165) is 47.7 Å². The molecule has 2 saturated heterocycles. The average molecular weight is 875 g/mol. The molecule has 5 N–H and O–H groups in total. The number of aromatic amines is 1. The molecule has 0 radical (unpaired) electrons. The second-order valence-corrected chi connectivity index (χ2v) is 18.9. The second-order valence-electron chi connectivity index (χ2n) is 14.9. The van der Waals surface area contributed by atoms with Crippen LogP contribution in [-0.4, -0.2) is 91.1 Å². The van der Waals surface area contributed by atoms with E-state index >= 15 is 0 Å². The number of rotatable bonds is 23. The van der Waals surface area contributed by atoms with Crippen molar-refractivity contribution in [1.29, 1.82) is 0 Å². The lowest BCUT2D eigenvalue weighted by Crippen LogP contribution is -2.39. The Morgan fingerprint density at radius 1 is 1.02 bits per heavy atom. The number of aliphatic hydroxyl groups is 2. The number of benzene rings is 1. The fraction of sp³-hybridized carbons (Fsp3) is 0.575. The summed E-state index contributed by atoms with van der Waals surface area (Å²) in [7, 11) is 1.33. The molecule has 0 bridgehead atoms. The summed E-state index contributed by atoms with van der Waals surface area (Å²) in [6, 6.07) is 9.58. The maximum Gasteiger partial charge on any atom is 0.389 e. The number of nitrogen functional groups attached to an aromatic ring is 1. The Balaban J connectivity index is 1.13. The van der Waals surface area contributed by atoms with Crippen molar-refractivity contribution in [3.05, 3.63) is 81.5 Å². The fourth-order valence-corrected chi connectivity index (χ4v) is 10.7. The van der Waals surface area contributed by atoms with Gasteiger partial charge in [0.15, 0.2) is 11.9 Å². The zero-order valence-corrected chi connectivity index (χ0v) is 35.5. The van der Waals surface area contributed by atoms with Crippen molar-refractivity contribution in [2.75, 3.05) is 26.1 Å². The number of hydrogen-bond acceptors (Lipinski definition) is 16. The van der Waals surface area contributed by atoms with Gasteiger partial charge in [0.1, 0.15) is 41.9 Å². The number of H-pyrrole nitrogens is 1. The third-order valence-corrected chi connectivity index (χ3v) is 14.2. The van der Waals surface area contributed by atoms with Gasteiger partial charge in [0.2, 0.25) is 0 Å². The van der Waals surface area contributed by atoms with Gasteiger partial charge in [-0.25, -0.2) is 19.3 Å². The Hall–Kier alpha value is -3.91. The molecule has 2 aliphatic rings. The van der Waals surface area contributed by atoms with Crippen molar-refractivity contribution >= 4 is 41.0 Å². The minimum atomic E-state index is -4.30. The van der Waals surface area contributed by atoms with Crippen molar-refractivity contribution in [2.24, 2.45) is 0 Å². The number of methoxy groups -OCH3 is 1. The number of pyridine rings is 1. The molecule has 60 heavy (non-hydrogen) atoms. The molecule has 2 unspecified atom stereocenters. The number of nitrogens with one attached hydrogen (secondary N) is 1. The SMILES string of the molecule is CCCCCCCCCCCC(=O)Oc1cccc(CSP(=O)(OC[C@H]2O[C@@H](n3cnc4c(N)ccnc43)C[C@H]2O)O[C@@H]2C(OC)[C@H](n3ccc(=O)[nH]c3=O)O[C@@H]2CO)c1. The van der Waals surface area contributed by atoms with Crippen molar-refractivity contribution in [3.63, 3.8) is 0 Å². The first-order valence-electron chi connectivity index (χ1n) is 20.4. The molecule has 5 heterocycles. The Bertz CT molecular complexity index is 2190. The molecule has 0 saturated carbocycles. The number of carbonyl (C=O) groups excluding carboxylic acids is 1. The van der Waals surface area contributed by atoms with Crippen LogP contribution in [0.4, 0.5) is 5.69 Å². The maximum absolute atomic E-state index is 14.9. The Kier molecular flexibility index (Phi) is 16.5. The predicted octanol–water partition coefficient (Wildman–Crippen LogP) is 5.39. The van der Waals surface area contributed by atoms with Crippen LogP contribution in [0.3, 0.4) is 0 Å². The molecule has 4 aromatic rings.